The average molecular weight is 279 g/mol. The Bertz CT molecular complexity index is 400. The molecule has 3 atom stereocenters. The number of ether oxygens (including phenoxy) is 1. The molecule has 1 aliphatic heterocycles. The maximum atomic E-state index is 6.40. The van der Waals surface area contributed by atoms with Crippen molar-refractivity contribution in [2.24, 2.45) is 11.7 Å². The standard InChI is InChI=1S/C16H29N3O/c1-4-13(5-2)19-9-7-12(18-19)11-15(17)14-8-10-20-16(14)6-3/h7,9,13-16H,4-6,8,10-11,17H2,1-3H3. The highest BCUT2D eigenvalue weighted by Crippen LogP contribution is 2.27. The molecule has 1 aromatic rings. The van der Waals surface area contributed by atoms with Crippen molar-refractivity contribution in [3.8, 4) is 0 Å². The van der Waals surface area contributed by atoms with Gasteiger partial charge in [-0.2, -0.15) is 5.10 Å². The first kappa shape index (κ1) is 15.5. The highest BCUT2D eigenvalue weighted by Gasteiger charge is 2.32. The van der Waals surface area contributed by atoms with Gasteiger partial charge >= 0.3 is 0 Å². The molecule has 1 aromatic heterocycles. The maximum Gasteiger partial charge on any atom is 0.0640 e. The van der Waals surface area contributed by atoms with Gasteiger partial charge in [0.1, 0.15) is 0 Å². The van der Waals surface area contributed by atoms with Crippen LogP contribution in [0.2, 0.25) is 0 Å². The molecule has 4 heteroatoms. The molecule has 0 amide bonds. The van der Waals surface area contributed by atoms with Crippen molar-refractivity contribution in [3.05, 3.63) is 18.0 Å². The van der Waals surface area contributed by atoms with Crippen molar-refractivity contribution in [2.75, 3.05) is 6.61 Å². The summed E-state index contributed by atoms with van der Waals surface area (Å²) in [4.78, 5) is 0. The van der Waals surface area contributed by atoms with Crippen LogP contribution in [0.25, 0.3) is 0 Å². The second-order valence-electron chi connectivity index (χ2n) is 5.90. The molecule has 0 aliphatic carbocycles. The Labute approximate surface area is 122 Å². The monoisotopic (exact) mass is 279 g/mol. The molecular formula is C16H29N3O. The third kappa shape index (κ3) is 3.41. The van der Waals surface area contributed by atoms with E-state index in [4.69, 9.17) is 15.6 Å². The van der Waals surface area contributed by atoms with E-state index in [1.165, 1.54) is 0 Å². The molecule has 0 spiro atoms. The van der Waals surface area contributed by atoms with Gasteiger partial charge in [-0.25, -0.2) is 0 Å². The van der Waals surface area contributed by atoms with Gasteiger partial charge in [-0.3, -0.25) is 4.68 Å². The van der Waals surface area contributed by atoms with Gasteiger partial charge in [0.15, 0.2) is 0 Å². The Morgan fingerprint density at radius 1 is 1.40 bits per heavy atom. The lowest BCUT2D eigenvalue weighted by Gasteiger charge is -2.23. The summed E-state index contributed by atoms with van der Waals surface area (Å²) in [6.07, 6.45) is 7.69. The summed E-state index contributed by atoms with van der Waals surface area (Å²) in [6.45, 7) is 7.46. The van der Waals surface area contributed by atoms with Crippen molar-refractivity contribution in [2.45, 2.75) is 71.1 Å². The second kappa shape index (κ2) is 7.23. The summed E-state index contributed by atoms with van der Waals surface area (Å²) in [7, 11) is 0. The van der Waals surface area contributed by atoms with E-state index in [9.17, 15) is 0 Å². The molecule has 2 N–H and O–H groups in total. The lowest BCUT2D eigenvalue weighted by Crippen LogP contribution is -2.37. The van der Waals surface area contributed by atoms with E-state index in [1.54, 1.807) is 0 Å². The van der Waals surface area contributed by atoms with E-state index in [-0.39, 0.29) is 6.04 Å². The largest absolute Gasteiger partial charge is 0.378 e. The third-order valence-corrected chi connectivity index (χ3v) is 4.64. The van der Waals surface area contributed by atoms with Crippen LogP contribution < -0.4 is 5.73 Å². The summed E-state index contributed by atoms with van der Waals surface area (Å²) in [5.41, 5.74) is 7.51. The topological polar surface area (TPSA) is 53.1 Å². The molecule has 3 unspecified atom stereocenters. The molecule has 2 rings (SSSR count). The molecule has 114 valence electrons. The number of aromatic nitrogens is 2. The summed E-state index contributed by atoms with van der Waals surface area (Å²) in [6, 6.07) is 2.79. The fraction of sp³-hybridized carbons (Fsp3) is 0.812. The molecular weight excluding hydrogens is 250 g/mol. The normalized spacial score (nSPS) is 24.4. The fourth-order valence-corrected chi connectivity index (χ4v) is 3.32. The highest BCUT2D eigenvalue weighted by molar-refractivity contribution is 5.03. The van der Waals surface area contributed by atoms with Gasteiger partial charge in [-0.15, -0.1) is 0 Å². The van der Waals surface area contributed by atoms with Crippen molar-refractivity contribution < 1.29 is 4.74 Å². The minimum atomic E-state index is 0.160. The number of hydrogen-bond donors (Lipinski definition) is 1. The van der Waals surface area contributed by atoms with Gasteiger partial charge < -0.3 is 10.5 Å². The minimum absolute atomic E-state index is 0.160. The van der Waals surface area contributed by atoms with Crippen molar-refractivity contribution >= 4 is 0 Å². The fourth-order valence-electron chi connectivity index (χ4n) is 3.32. The first-order valence-electron chi connectivity index (χ1n) is 8.10. The average Bonchev–Trinajstić information content (AvgIpc) is 3.09. The van der Waals surface area contributed by atoms with Crippen molar-refractivity contribution in [1.82, 2.24) is 9.78 Å². The minimum Gasteiger partial charge on any atom is -0.378 e. The summed E-state index contributed by atoms with van der Waals surface area (Å²) >= 11 is 0. The van der Waals surface area contributed by atoms with Crippen LogP contribution in [0.4, 0.5) is 0 Å². The lowest BCUT2D eigenvalue weighted by atomic mass is 9.89. The van der Waals surface area contributed by atoms with Crippen LogP contribution in [-0.2, 0) is 11.2 Å². The molecule has 1 fully saturated rings. The van der Waals surface area contributed by atoms with Crippen LogP contribution in [0.1, 0.15) is 58.2 Å². The summed E-state index contributed by atoms with van der Waals surface area (Å²) in [5.74, 6) is 0.485. The Kier molecular flexibility index (Phi) is 5.61. The zero-order valence-electron chi connectivity index (χ0n) is 13.1. The van der Waals surface area contributed by atoms with Gasteiger partial charge in [-0.05, 0) is 31.7 Å². The first-order valence-corrected chi connectivity index (χ1v) is 8.10. The van der Waals surface area contributed by atoms with Crippen LogP contribution in [0.5, 0.6) is 0 Å². The van der Waals surface area contributed by atoms with Gasteiger partial charge in [0.05, 0.1) is 17.8 Å². The van der Waals surface area contributed by atoms with Crippen molar-refractivity contribution in [1.29, 1.82) is 0 Å². The zero-order chi connectivity index (χ0) is 14.5. The van der Waals surface area contributed by atoms with E-state index in [2.05, 4.69) is 37.7 Å². The van der Waals surface area contributed by atoms with E-state index in [1.807, 2.05) is 0 Å². The smallest absolute Gasteiger partial charge is 0.0640 e. The number of rotatable bonds is 7. The van der Waals surface area contributed by atoms with E-state index < -0.39 is 0 Å². The van der Waals surface area contributed by atoms with Gasteiger partial charge in [0.2, 0.25) is 0 Å². The lowest BCUT2D eigenvalue weighted by molar-refractivity contribution is 0.0813. The number of nitrogens with two attached hydrogens (primary N) is 1. The Hall–Kier alpha value is -0.870. The Balaban J connectivity index is 1.96. The molecule has 0 aromatic carbocycles. The van der Waals surface area contributed by atoms with E-state index in [0.717, 1.165) is 44.4 Å². The molecule has 0 saturated carbocycles. The molecule has 2 heterocycles. The van der Waals surface area contributed by atoms with Gasteiger partial charge in [0, 0.05) is 31.2 Å². The zero-order valence-corrected chi connectivity index (χ0v) is 13.1. The predicted octanol–water partition coefficient (Wildman–Crippen LogP) is 2.93. The van der Waals surface area contributed by atoms with Crippen LogP contribution in [0.3, 0.4) is 0 Å². The van der Waals surface area contributed by atoms with Crippen LogP contribution >= 0.6 is 0 Å². The molecule has 4 nitrogen and oxygen atoms in total. The first-order chi connectivity index (χ1) is 9.69. The molecule has 0 bridgehead atoms. The molecule has 1 aliphatic rings. The van der Waals surface area contributed by atoms with Gasteiger partial charge in [0.25, 0.3) is 0 Å². The SMILES string of the molecule is CCC1OCCC1C(N)Cc1ccn(C(CC)CC)n1. The second-order valence-corrected chi connectivity index (χ2v) is 5.90. The molecule has 0 radical (unpaired) electrons. The van der Waals surface area contributed by atoms with Crippen molar-refractivity contribution in [3.63, 3.8) is 0 Å². The van der Waals surface area contributed by atoms with E-state index >= 15 is 0 Å². The number of nitrogens with zero attached hydrogens (tertiary/aromatic N) is 2. The quantitative estimate of drug-likeness (QED) is 0.835. The highest BCUT2D eigenvalue weighted by atomic mass is 16.5. The van der Waals surface area contributed by atoms with Crippen LogP contribution in [-0.4, -0.2) is 28.5 Å². The molecule has 20 heavy (non-hydrogen) atoms. The number of hydrogen-bond acceptors (Lipinski definition) is 3. The Morgan fingerprint density at radius 2 is 2.15 bits per heavy atom. The molecule has 1 saturated heterocycles. The predicted molar refractivity (Wildman–Crippen MR) is 81.7 cm³/mol. The van der Waals surface area contributed by atoms with Crippen LogP contribution in [0, 0.1) is 5.92 Å². The van der Waals surface area contributed by atoms with Crippen LogP contribution in [0.15, 0.2) is 12.3 Å². The van der Waals surface area contributed by atoms with E-state index in [0.29, 0.717) is 18.1 Å². The third-order valence-electron chi connectivity index (χ3n) is 4.64. The summed E-state index contributed by atoms with van der Waals surface area (Å²) < 4.78 is 7.85. The summed E-state index contributed by atoms with van der Waals surface area (Å²) in [5, 5.41) is 4.71. The van der Waals surface area contributed by atoms with Gasteiger partial charge in [-0.1, -0.05) is 20.8 Å². The Morgan fingerprint density at radius 3 is 2.80 bits per heavy atom. The maximum absolute atomic E-state index is 6.40.